The number of carbonyl (C=O) groups excluding carboxylic acids is 1. The molecule has 3 atom stereocenters. The Kier molecular flexibility index (Phi) is 3.82. The smallest absolute Gasteiger partial charge is 0.295 e. The van der Waals surface area contributed by atoms with Crippen molar-refractivity contribution in [2.75, 3.05) is 18.4 Å². The summed E-state index contributed by atoms with van der Waals surface area (Å²) < 4.78 is 5.67. The zero-order valence-corrected chi connectivity index (χ0v) is 13.2. The van der Waals surface area contributed by atoms with Gasteiger partial charge in [0.05, 0.1) is 12.1 Å². The third-order valence-corrected chi connectivity index (χ3v) is 4.74. The number of hydrogen-bond donors (Lipinski definition) is 2. The third-order valence-electron chi connectivity index (χ3n) is 4.74. The summed E-state index contributed by atoms with van der Waals surface area (Å²) in [5.41, 5.74) is 1.56. The van der Waals surface area contributed by atoms with Crippen molar-refractivity contribution in [2.24, 2.45) is 0 Å². The molecule has 2 N–H and O–H groups in total. The number of nitriles is 1. The molecule has 2 fully saturated rings. The zero-order chi connectivity index (χ0) is 16.5. The number of hydrogen-bond acceptors (Lipinski definition) is 6. The van der Waals surface area contributed by atoms with E-state index in [0.29, 0.717) is 25.5 Å². The van der Waals surface area contributed by atoms with Crippen LogP contribution in [0.3, 0.4) is 0 Å². The molecule has 2 saturated heterocycles. The second-order valence-corrected chi connectivity index (χ2v) is 6.34. The highest BCUT2D eigenvalue weighted by Gasteiger charge is 2.37. The van der Waals surface area contributed by atoms with Crippen LogP contribution in [-0.4, -0.2) is 47.0 Å². The Morgan fingerprint density at radius 1 is 1.46 bits per heavy atom. The number of para-hydroxylation sites is 2. The molecular formula is C17H19N5O2. The van der Waals surface area contributed by atoms with Crippen molar-refractivity contribution in [1.82, 2.24) is 15.2 Å². The van der Waals surface area contributed by atoms with E-state index in [0.717, 1.165) is 23.9 Å². The first-order valence-electron chi connectivity index (χ1n) is 8.30. The topological polar surface area (TPSA) is 94.2 Å². The molecule has 124 valence electrons. The fourth-order valence-electron chi connectivity index (χ4n) is 3.51. The Labute approximate surface area is 139 Å². The zero-order valence-electron chi connectivity index (χ0n) is 13.2. The first kappa shape index (κ1) is 15.0. The van der Waals surface area contributed by atoms with Crippen molar-refractivity contribution in [3.63, 3.8) is 0 Å². The Hall–Kier alpha value is -2.59. The second kappa shape index (κ2) is 6.13. The number of carbonyl (C=O) groups is 1. The van der Waals surface area contributed by atoms with Crippen LogP contribution in [-0.2, 0) is 4.79 Å². The summed E-state index contributed by atoms with van der Waals surface area (Å²) in [4.78, 5) is 18.7. The molecule has 0 unspecified atom stereocenters. The molecular weight excluding hydrogens is 306 g/mol. The minimum atomic E-state index is -0.275. The Bertz CT molecular complexity index is 763. The third kappa shape index (κ3) is 2.69. The lowest BCUT2D eigenvalue weighted by Gasteiger charge is -2.23. The van der Waals surface area contributed by atoms with Gasteiger partial charge in [-0.2, -0.15) is 10.2 Å². The molecule has 1 aromatic carbocycles. The van der Waals surface area contributed by atoms with Crippen LogP contribution in [0.4, 0.5) is 6.01 Å². The van der Waals surface area contributed by atoms with Crippen molar-refractivity contribution < 1.29 is 9.21 Å². The largest absolute Gasteiger partial charge is 0.424 e. The van der Waals surface area contributed by atoms with Crippen LogP contribution in [0.5, 0.6) is 0 Å². The van der Waals surface area contributed by atoms with Gasteiger partial charge < -0.3 is 20.0 Å². The number of benzene rings is 1. The van der Waals surface area contributed by atoms with Crippen LogP contribution in [0.15, 0.2) is 28.7 Å². The number of rotatable bonds is 3. The predicted molar refractivity (Wildman–Crippen MR) is 88.2 cm³/mol. The van der Waals surface area contributed by atoms with E-state index in [1.165, 1.54) is 0 Å². The fraction of sp³-hybridized carbons (Fsp3) is 0.471. The summed E-state index contributed by atoms with van der Waals surface area (Å²) in [6.07, 6.45) is 2.34. The van der Waals surface area contributed by atoms with E-state index >= 15 is 0 Å². The summed E-state index contributed by atoms with van der Waals surface area (Å²) >= 11 is 0. The minimum absolute atomic E-state index is 0.0286. The first-order valence-corrected chi connectivity index (χ1v) is 8.30. The average molecular weight is 325 g/mol. The molecule has 0 bridgehead atoms. The van der Waals surface area contributed by atoms with E-state index < -0.39 is 0 Å². The fourth-order valence-corrected chi connectivity index (χ4v) is 3.51. The van der Waals surface area contributed by atoms with Gasteiger partial charge in [0.25, 0.3) is 6.01 Å². The molecule has 2 aromatic rings. The van der Waals surface area contributed by atoms with E-state index in [2.05, 4.69) is 21.7 Å². The molecule has 4 rings (SSSR count). The number of nitrogens with zero attached hydrogens (tertiary/aromatic N) is 3. The molecule has 0 saturated carbocycles. The van der Waals surface area contributed by atoms with Crippen LogP contribution < -0.4 is 10.6 Å². The van der Waals surface area contributed by atoms with Crippen molar-refractivity contribution in [3.8, 4) is 6.07 Å². The molecule has 2 aliphatic heterocycles. The summed E-state index contributed by atoms with van der Waals surface area (Å²) in [6.45, 7) is 1.35. The Balaban J connectivity index is 1.39. The van der Waals surface area contributed by atoms with Gasteiger partial charge in [-0.25, -0.2) is 0 Å². The maximum atomic E-state index is 12.6. The summed E-state index contributed by atoms with van der Waals surface area (Å²) in [5.74, 6) is 0.0286. The van der Waals surface area contributed by atoms with Crippen molar-refractivity contribution in [2.45, 2.75) is 37.4 Å². The van der Waals surface area contributed by atoms with Crippen LogP contribution in [0, 0.1) is 11.3 Å². The predicted octanol–water partition coefficient (Wildman–Crippen LogP) is 1.48. The maximum Gasteiger partial charge on any atom is 0.295 e. The molecule has 0 spiro atoms. The van der Waals surface area contributed by atoms with Crippen LogP contribution >= 0.6 is 0 Å². The number of likely N-dealkylation sites (tertiary alicyclic amines) is 1. The van der Waals surface area contributed by atoms with Crippen LogP contribution in [0.1, 0.15) is 19.3 Å². The standard InChI is InChI=1S/C17H19N5O2/c18-9-12-4-3-7-22(12)16(23)14-8-11(10-19-14)20-17-21-13-5-1-2-6-15(13)24-17/h1-2,5-6,11-12,14,19H,3-4,7-8,10H2,(H,20,21)/t11-,12+,14+/m1/s1. The average Bonchev–Trinajstić information content (AvgIpc) is 3.32. The Morgan fingerprint density at radius 3 is 3.17 bits per heavy atom. The SMILES string of the molecule is N#C[C@@H]1CCCN1C(=O)[C@@H]1C[C@@H](Nc2nc3ccccc3o2)CN1. The first-order chi connectivity index (χ1) is 11.7. The lowest BCUT2D eigenvalue weighted by Crippen LogP contribution is -2.45. The summed E-state index contributed by atoms with van der Waals surface area (Å²) in [6, 6.07) is 9.86. The number of anilines is 1. The van der Waals surface area contributed by atoms with Gasteiger partial charge >= 0.3 is 0 Å². The number of aromatic nitrogens is 1. The molecule has 3 heterocycles. The van der Waals surface area contributed by atoms with E-state index in [-0.39, 0.29) is 24.0 Å². The molecule has 1 amide bonds. The number of nitrogens with one attached hydrogen (secondary N) is 2. The molecule has 0 radical (unpaired) electrons. The van der Waals surface area contributed by atoms with Gasteiger partial charge in [-0.05, 0) is 31.4 Å². The maximum absolute atomic E-state index is 12.6. The van der Waals surface area contributed by atoms with Gasteiger partial charge in [0.2, 0.25) is 5.91 Å². The number of fused-ring (bicyclic) bond motifs is 1. The molecule has 1 aromatic heterocycles. The molecule has 2 aliphatic rings. The summed E-state index contributed by atoms with van der Waals surface area (Å²) in [7, 11) is 0. The van der Waals surface area contributed by atoms with E-state index in [4.69, 9.17) is 9.68 Å². The minimum Gasteiger partial charge on any atom is -0.424 e. The van der Waals surface area contributed by atoms with Crippen molar-refractivity contribution in [1.29, 1.82) is 5.26 Å². The van der Waals surface area contributed by atoms with Gasteiger partial charge in [0, 0.05) is 19.1 Å². The molecule has 7 nitrogen and oxygen atoms in total. The van der Waals surface area contributed by atoms with Gasteiger partial charge in [0.1, 0.15) is 11.6 Å². The van der Waals surface area contributed by atoms with Crippen LogP contribution in [0.2, 0.25) is 0 Å². The normalized spacial score (nSPS) is 26.6. The van der Waals surface area contributed by atoms with Gasteiger partial charge in [-0.3, -0.25) is 4.79 Å². The highest BCUT2D eigenvalue weighted by atomic mass is 16.4. The number of oxazole rings is 1. The quantitative estimate of drug-likeness (QED) is 0.888. The van der Waals surface area contributed by atoms with Crippen molar-refractivity contribution in [3.05, 3.63) is 24.3 Å². The Morgan fingerprint density at radius 2 is 2.33 bits per heavy atom. The molecule has 24 heavy (non-hydrogen) atoms. The molecule has 7 heteroatoms. The second-order valence-electron chi connectivity index (χ2n) is 6.34. The van der Waals surface area contributed by atoms with Gasteiger partial charge in [0.15, 0.2) is 5.58 Å². The van der Waals surface area contributed by atoms with Gasteiger partial charge in [-0.1, -0.05) is 12.1 Å². The molecule has 0 aliphatic carbocycles. The van der Waals surface area contributed by atoms with E-state index in [9.17, 15) is 4.79 Å². The lowest BCUT2D eigenvalue weighted by molar-refractivity contribution is -0.133. The van der Waals surface area contributed by atoms with E-state index in [1.807, 2.05) is 24.3 Å². The monoisotopic (exact) mass is 325 g/mol. The lowest BCUT2D eigenvalue weighted by atomic mass is 10.1. The van der Waals surface area contributed by atoms with E-state index in [1.54, 1.807) is 4.90 Å². The van der Waals surface area contributed by atoms with Crippen LogP contribution in [0.25, 0.3) is 11.1 Å². The highest BCUT2D eigenvalue weighted by Crippen LogP contribution is 2.23. The number of amides is 1. The van der Waals surface area contributed by atoms with Crippen molar-refractivity contribution >= 4 is 23.0 Å². The summed E-state index contributed by atoms with van der Waals surface area (Å²) in [5, 5.41) is 15.7. The highest BCUT2D eigenvalue weighted by molar-refractivity contribution is 5.83. The van der Waals surface area contributed by atoms with Gasteiger partial charge in [-0.15, -0.1) is 0 Å².